The summed E-state index contributed by atoms with van der Waals surface area (Å²) in [4.78, 5) is 6.86. The average molecular weight is 478 g/mol. The second-order valence-corrected chi connectivity index (χ2v) is 6.83. The van der Waals surface area contributed by atoms with Crippen LogP contribution in [0.25, 0.3) is 0 Å². The van der Waals surface area contributed by atoms with Crippen molar-refractivity contribution in [3.63, 3.8) is 0 Å². The van der Waals surface area contributed by atoms with Crippen molar-refractivity contribution >= 4 is 41.5 Å². The van der Waals surface area contributed by atoms with E-state index in [1.807, 2.05) is 49.5 Å². The number of aliphatic imine (C=N–C) groups is 1. The molecule has 1 N–H and O–H groups in total. The number of aromatic nitrogens is 4. The lowest BCUT2D eigenvalue weighted by molar-refractivity contribution is 0.459. The summed E-state index contributed by atoms with van der Waals surface area (Å²) in [6.07, 6.45) is 4.32. The zero-order valence-corrected chi connectivity index (χ0v) is 18.1. The molecule has 0 unspecified atom stereocenters. The van der Waals surface area contributed by atoms with Crippen LogP contribution in [0.4, 0.5) is 0 Å². The van der Waals surface area contributed by atoms with Crippen molar-refractivity contribution in [3.05, 3.63) is 34.6 Å². The fourth-order valence-electron chi connectivity index (χ4n) is 2.46. The third kappa shape index (κ3) is 5.10. The summed E-state index contributed by atoms with van der Waals surface area (Å²) < 4.78 is 4.01. The molecule has 7 nitrogen and oxygen atoms in total. The van der Waals surface area contributed by atoms with Gasteiger partial charge in [-0.3, -0.25) is 0 Å². The molecule has 9 heteroatoms. The Morgan fingerprint density at radius 2 is 2.12 bits per heavy atom. The molecule has 3 rings (SSSR count). The molecule has 138 valence electrons. The second kappa shape index (κ2) is 8.39. The van der Waals surface area contributed by atoms with Gasteiger partial charge in [0.15, 0.2) is 11.8 Å². The summed E-state index contributed by atoms with van der Waals surface area (Å²) >= 11 is 6.08. The number of rotatable bonds is 5. The SMILES string of the molecule is Cc1nnc(CN=C(NC2CC2)N(C)Cc2cc(Cl)cn2C)n1C.I. The Morgan fingerprint density at radius 3 is 2.64 bits per heavy atom. The third-order valence-corrected chi connectivity index (χ3v) is 4.51. The lowest BCUT2D eigenvalue weighted by atomic mass is 10.4. The quantitative estimate of drug-likeness (QED) is 0.408. The van der Waals surface area contributed by atoms with Gasteiger partial charge in [0.1, 0.15) is 12.4 Å². The molecule has 1 fully saturated rings. The number of aryl methyl sites for hydroxylation is 2. The molecule has 0 radical (unpaired) electrons. The Kier molecular flexibility index (Phi) is 6.72. The Balaban J connectivity index is 0.00000225. The molecule has 0 bridgehead atoms. The lowest BCUT2D eigenvalue weighted by Crippen LogP contribution is -2.40. The second-order valence-electron chi connectivity index (χ2n) is 6.40. The molecular weight excluding hydrogens is 453 g/mol. The van der Waals surface area contributed by atoms with Crippen molar-refractivity contribution in [2.75, 3.05) is 7.05 Å². The van der Waals surface area contributed by atoms with E-state index in [9.17, 15) is 0 Å². The van der Waals surface area contributed by atoms with Crippen LogP contribution in [-0.4, -0.2) is 43.3 Å². The van der Waals surface area contributed by atoms with E-state index >= 15 is 0 Å². The van der Waals surface area contributed by atoms with Gasteiger partial charge >= 0.3 is 0 Å². The third-order valence-electron chi connectivity index (χ3n) is 4.30. The van der Waals surface area contributed by atoms with E-state index in [4.69, 9.17) is 16.6 Å². The van der Waals surface area contributed by atoms with Gasteiger partial charge in [0.25, 0.3) is 0 Å². The molecular formula is C16H25ClIN7. The summed E-state index contributed by atoms with van der Waals surface area (Å²) in [6, 6.07) is 2.52. The number of nitrogens with zero attached hydrogens (tertiary/aromatic N) is 6. The average Bonchev–Trinajstić information content (AvgIpc) is 3.22. The Morgan fingerprint density at radius 1 is 1.40 bits per heavy atom. The highest BCUT2D eigenvalue weighted by molar-refractivity contribution is 14.0. The van der Waals surface area contributed by atoms with Crippen LogP contribution in [0.5, 0.6) is 0 Å². The summed E-state index contributed by atoms with van der Waals surface area (Å²) in [7, 11) is 6.00. The summed E-state index contributed by atoms with van der Waals surface area (Å²) in [5.74, 6) is 2.64. The van der Waals surface area contributed by atoms with Gasteiger partial charge in [-0.2, -0.15) is 0 Å². The molecule has 25 heavy (non-hydrogen) atoms. The largest absolute Gasteiger partial charge is 0.353 e. The van der Waals surface area contributed by atoms with E-state index in [1.54, 1.807) is 0 Å². The number of guanidine groups is 1. The maximum absolute atomic E-state index is 6.08. The predicted octanol–water partition coefficient (Wildman–Crippen LogP) is 2.47. The van der Waals surface area contributed by atoms with Crippen LogP contribution in [0.15, 0.2) is 17.3 Å². The van der Waals surface area contributed by atoms with Gasteiger partial charge in [-0.15, -0.1) is 34.2 Å². The van der Waals surface area contributed by atoms with Gasteiger partial charge in [0.05, 0.1) is 11.6 Å². The van der Waals surface area contributed by atoms with E-state index in [-0.39, 0.29) is 24.0 Å². The molecule has 0 saturated heterocycles. The van der Waals surface area contributed by atoms with Gasteiger partial charge < -0.3 is 19.4 Å². The molecule has 0 aliphatic heterocycles. The van der Waals surface area contributed by atoms with E-state index in [2.05, 4.69) is 20.4 Å². The van der Waals surface area contributed by atoms with Gasteiger partial charge in [0, 0.05) is 39.1 Å². The molecule has 0 atom stereocenters. The van der Waals surface area contributed by atoms with Crippen LogP contribution in [0.2, 0.25) is 5.02 Å². The standard InChI is InChI=1S/C16H24ClN7.HI/c1-11-20-21-15(24(11)4)8-18-16(19-13-5-6-13)23(3)10-14-7-12(17)9-22(14)2;/h7,9,13H,5-6,8,10H2,1-4H3,(H,18,19);1H. The highest BCUT2D eigenvalue weighted by atomic mass is 127. The topological polar surface area (TPSA) is 63.3 Å². The minimum Gasteiger partial charge on any atom is -0.353 e. The minimum atomic E-state index is 0. The molecule has 2 aromatic heterocycles. The monoisotopic (exact) mass is 477 g/mol. The van der Waals surface area contributed by atoms with Crippen molar-refractivity contribution in [3.8, 4) is 0 Å². The molecule has 0 amide bonds. The van der Waals surface area contributed by atoms with Crippen LogP contribution < -0.4 is 5.32 Å². The number of halogens is 2. The number of hydrogen-bond acceptors (Lipinski definition) is 3. The van der Waals surface area contributed by atoms with Gasteiger partial charge in [-0.1, -0.05) is 11.6 Å². The smallest absolute Gasteiger partial charge is 0.194 e. The van der Waals surface area contributed by atoms with Crippen molar-refractivity contribution in [1.29, 1.82) is 0 Å². The van der Waals surface area contributed by atoms with E-state index in [1.165, 1.54) is 12.8 Å². The van der Waals surface area contributed by atoms with E-state index < -0.39 is 0 Å². The Bertz CT molecular complexity index is 748. The summed E-state index contributed by atoms with van der Waals surface area (Å²) in [5, 5.41) is 12.5. The first kappa shape index (κ1) is 20.0. The molecule has 1 aliphatic carbocycles. The molecule has 2 aromatic rings. The molecule has 2 heterocycles. The zero-order chi connectivity index (χ0) is 17.3. The first-order valence-electron chi connectivity index (χ1n) is 8.11. The fourth-order valence-corrected chi connectivity index (χ4v) is 2.73. The lowest BCUT2D eigenvalue weighted by Gasteiger charge is -2.22. The van der Waals surface area contributed by atoms with Crippen molar-refractivity contribution in [1.82, 2.24) is 29.5 Å². The van der Waals surface area contributed by atoms with Crippen LogP contribution >= 0.6 is 35.6 Å². The Labute approximate surface area is 170 Å². The summed E-state index contributed by atoms with van der Waals surface area (Å²) in [6.45, 7) is 3.18. The minimum absolute atomic E-state index is 0. The van der Waals surface area contributed by atoms with Crippen molar-refractivity contribution < 1.29 is 0 Å². The van der Waals surface area contributed by atoms with Gasteiger partial charge in [0.2, 0.25) is 0 Å². The van der Waals surface area contributed by atoms with Crippen LogP contribution in [0.1, 0.15) is 30.2 Å². The molecule has 0 aromatic carbocycles. The number of nitrogens with one attached hydrogen (secondary N) is 1. The normalized spacial score (nSPS) is 14.4. The van der Waals surface area contributed by atoms with Crippen LogP contribution in [0.3, 0.4) is 0 Å². The first-order valence-corrected chi connectivity index (χ1v) is 8.49. The maximum atomic E-state index is 6.08. The van der Waals surface area contributed by atoms with Crippen LogP contribution in [0, 0.1) is 6.92 Å². The first-order chi connectivity index (χ1) is 11.4. The van der Waals surface area contributed by atoms with E-state index in [0.717, 1.165) is 34.9 Å². The van der Waals surface area contributed by atoms with Gasteiger partial charge in [-0.25, -0.2) is 4.99 Å². The summed E-state index contributed by atoms with van der Waals surface area (Å²) in [5.41, 5.74) is 1.14. The van der Waals surface area contributed by atoms with Gasteiger partial charge in [-0.05, 0) is 25.8 Å². The van der Waals surface area contributed by atoms with Crippen LogP contribution in [-0.2, 0) is 27.2 Å². The highest BCUT2D eigenvalue weighted by Crippen LogP contribution is 2.20. The van der Waals surface area contributed by atoms with Crippen molar-refractivity contribution in [2.24, 2.45) is 19.1 Å². The number of hydrogen-bond donors (Lipinski definition) is 1. The molecule has 0 spiro atoms. The highest BCUT2D eigenvalue weighted by Gasteiger charge is 2.24. The fraction of sp³-hybridized carbons (Fsp3) is 0.562. The van der Waals surface area contributed by atoms with E-state index in [0.29, 0.717) is 12.6 Å². The Hall–Kier alpha value is -1.29. The zero-order valence-electron chi connectivity index (χ0n) is 15.0. The molecule has 1 saturated carbocycles. The molecule has 1 aliphatic rings. The maximum Gasteiger partial charge on any atom is 0.194 e. The predicted molar refractivity (Wildman–Crippen MR) is 110 cm³/mol. The van der Waals surface area contributed by atoms with Crippen molar-refractivity contribution in [2.45, 2.75) is 38.9 Å².